The normalized spacial score (nSPS) is 13.0. The van der Waals surface area contributed by atoms with Crippen molar-refractivity contribution >= 4 is 28.6 Å². The second-order valence-electron chi connectivity index (χ2n) is 8.50. The fraction of sp³-hybridized carbons (Fsp3) is 0.524. The molecule has 1 aromatic carbocycles. The van der Waals surface area contributed by atoms with E-state index in [0.717, 1.165) is 54.3 Å². The second kappa shape index (κ2) is 8.73. The molecule has 8 heteroatoms. The molecule has 0 bridgehead atoms. The number of carbonyl (C=O) groups is 1. The van der Waals surface area contributed by atoms with Crippen molar-refractivity contribution in [3.8, 4) is 0 Å². The van der Waals surface area contributed by atoms with Gasteiger partial charge < -0.3 is 10.1 Å². The molecule has 1 atom stereocenters. The molecule has 0 spiro atoms. The number of para-hydroxylation sites is 2. The summed E-state index contributed by atoms with van der Waals surface area (Å²) in [5.41, 5.74) is 2.21. The Kier molecular flexibility index (Phi) is 6.32. The number of primary amides is 1. The number of ether oxygens (including phenoxy) is 1. The Morgan fingerprint density at radius 3 is 2.79 bits per heavy atom. The zero-order valence-corrected chi connectivity index (χ0v) is 17.9. The van der Waals surface area contributed by atoms with Crippen LogP contribution in [0, 0.1) is 12.8 Å². The summed E-state index contributed by atoms with van der Waals surface area (Å²) < 4.78 is 7.35. The number of nitrogens with zero attached hydrogens (tertiary/aromatic N) is 4. The van der Waals surface area contributed by atoms with Gasteiger partial charge in [0.1, 0.15) is 11.4 Å². The molecule has 0 saturated carbocycles. The Labute approximate surface area is 171 Å². The molecule has 3 rings (SSSR count). The minimum atomic E-state index is -0.445. The number of carbonyl (C=O) groups excluding carboxylic acids is 1. The molecule has 0 aliphatic rings. The SMILES string of the molecule is Cc1nnc2c(NCCC[C@@H](C)C[NH2+]C(=O)OC(C)(C)C)nc3ccccc3n12. The number of aryl methyl sites for hydroxylation is 1. The van der Waals surface area contributed by atoms with E-state index in [1.165, 1.54) is 0 Å². The van der Waals surface area contributed by atoms with E-state index in [-0.39, 0.29) is 6.09 Å². The van der Waals surface area contributed by atoms with Crippen molar-refractivity contribution in [1.29, 1.82) is 0 Å². The van der Waals surface area contributed by atoms with Crippen molar-refractivity contribution in [3.05, 3.63) is 30.1 Å². The summed E-state index contributed by atoms with van der Waals surface area (Å²) in [7, 11) is 0. The minimum absolute atomic E-state index is 0.243. The summed E-state index contributed by atoms with van der Waals surface area (Å²) in [6.45, 7) is 11.2. The molecule has 0 aliphatic heterocycles. The highest BCUT2D eigenvalue weighted by molar-refractivity contribution is 5.82. The first-order valence-electron chi connectivity index (χ1n) is 10.1. The molecule has 8 nitrogen and oxygen atoms in total. The van der Waals surface area contributed by atoms with E-state index in [0.29, 0.717) is 5.92 Å². The van der Waals surface area contributed by atoms with E-state index >= 15 is 0 Å². The number of nitrogens with one attached hydrogen (secondary N) is 1. The predicted molar refractivity (Wildman–Crippen MR) is 113 cm³/mol. The topological polar surface area (TPSA) is 98.0 Å². The van der Waals surface area contributed by atoms with Gasteiger partial charge in [-0.05, 0) is 52.7 Å². The maximum atomic E-state index is 11.8. The number of fused-ring (bicyclic) bond motifs is 3. The summed E-state index contributed by atoms with van der Waals surface area (Å²) in [6.07, 6.45) is 1.73. The molecule has 0 radical (unpaired) electrons. The summed E-state index contributed by atoms with van der Waals surface area (Å²) in [4.78, 5) is 16.5. The molecule has 0 unspecified atom stereocenters. The third-order valence-electron chi connectivity index (χ3n) is 4.65. The van der Waals surface area contributed by atoms with Crippen LogP contribution in [0.2, 0.25) is 0 Å². The van der Waals surface area contributed by atoms with Gasteiger partial charge in [-0.2, -0.15) is 4.79 Å². The number of nitrogens with two attached hydrogens (primary N) is 1. The Morgan fingerprint density at radius 1 is 1.28 bits per heavy atom. The number of hydrogen-bond donors (Lipinski definition) is 2. The first-order chi connectivity index (χ1) is 13.7. The fourth-order valence-corrected chi connectivity index (χ4v) is 3.26. The third-order valence-corrected chi connectivity index (χ3v) is 4.65. The van der Waals surface area contributed by atoms with E-state index in [2.05, 4.69) is 22.4 Å². The van der Waals surface area contributed by atoms with Gasteiger partial charge in [0.15, 0.2) is 5.82 Å². The largest absolute Gasteiger partial charge is 0.513 e. The molecule has 3 aromatic rings. The number of amides is 1. The third kappa shape index (κ3) is 5.41. The number of aromatic nitrogens is 4. The zero-order valence-electron chi connectivity index (χ0n) is 17.9. The van der Waals surface area contributed by atoms with Crippen LogP contribution in [0.5, 0.6) is 0 Å². The number of hydrogen-bond acceptors (Lipinski definition) is 6. The maximum absolute atomic E-state index is 11.8. The quantitative estimate of drug-likeness (QED) is 0.593. The minimum Gasteiger partial charge on any atom is -0.414 e. The summed E-state index contributed by atoms with van der Waals surface area (Å²) in [5, 5.41) is 13.6. The summed E-state index contributed by atoms with van der Waals surface area (Å²) in [5.74, 6) is 1.99. The number of rotatable bonds is 7. The lowest BCUT2D eigenvalue weighted by molar-refractivity contribution is -0.579. The zero-order chi connectivity index (χ0) is 21.0. The monoisotopic (exact) mass is 399 g/mol. The summed E-state index contributed by atoms with van der Waals surface area (Å²) >= 11 is 0. The highest BCUT2D eigenvalue weighted by Gasteiger charge is 2.20. The smallest absolute Gasteiger partial charge is 0.414 e. The van der Waals surface area contributed by atoms with Crippen LogP contribution in [0.1, 0.15) is 46.4 Å². The highest BCUT2D eigenvalue weighted by atomic mass is 16.6. The van der Waals surface area contributed by atoms with E-state index in [1.807, 2.05) is 56.4 Å². The molecule has 2 aromatic heterocycles. The highest BCUT2D eigenvalue weighted by Crippen LogP contribution is 2.21. The van der Waals surface area contributed by atoms with Crippen molar-refractivity contribution in [2.45, 2.75) is 53.1 Å². The second-order valence-corrected chi connectivity index (χ2v) is 8.50. The molecule has 3 N–H and O–H groups in total. The van der Waals surface area contributed by atoms with Crippen LogP contribution >= 0.6 is 0 Å². The van der Waals surface area contributed by atoms with Crippen LogP contribution in [0.3, 0.4) is 0 Å². The van der Waals surface area contributed by atoms with Crippen molar-refractivity contribution < 1.29 is 14.8 Å². The van der Waals surface area contributed by atoms with Gasteiger partial charge in [0, 0.05) is 12.5 Å². The van der Waals surface area contributed by atoms with Crippen LogP contribution < -0.4 is 10.6 Å². The van der Waals surface area contributed by atoms with E-state index in [4.69, 9.17) is 9.72 Å². The molecule has 0 aliphatic carbocycles. The van der Waals surface area contributed by atoms with Gasteiger partial charge >= 0.3 is 6.09 Å². The van der Waals surface area contributed by atoms with E-state index in [1.54, 1.807) is 5.32 Å². The average Bonchev–Trinajstić information content (AvgIpc) is 3.04. The predicted octanol–water partition coefficient (Wildman–Crippen LogP) is 2.91. The molecular weight excluding hydrogens is 368 g/mol. The number of anilines is 1. The molecule has 0 fully saturated rings. The maximum Gasteiger partial charge on any atom is 0.513 e. The average molecular weight is 400 g/mol. The van der Waals surface area contributed by atoms with Gasteiger partial charge in [-0.3, -0.25) is 4.40 Å². The lowest BCUT2D eigenvalue weighted by atomic mass is 10.1. The van der Waals surface area contributed by atoms with Gasteiger partial charge in [0.05, 0.1) is 17.6 Å². The first kappa shape index (κ1) is 21.0. The Hall–Kier alpha value is -2.74. The van der Waals surface area contributed by atoms with Gasteiger partial charge in [-0.25, -0.2) is 10.3 Å². The van der Waals surface area contributed by atoms with Crippen molar-refractivity contribution in [3.63, 3.8) is 0 Å². The standard InChI is InChI=1S/C21H30N6O2/c1-14(13-23-20(28)29-21(3,4)5)9-8-12-22-18-19-26-25-15(2)27(19)17-11-7-6-10-16(17)24-18/h6-7,10-11,14H,8-9,12-13H2,1-5H3,(H,22,24)(H,23,28)/p+1/t14-/m1/s1. The number of quaternary nitrogens is 1. The number of benzene rings is 1. The molecule has 1 amide bonds. The van der Waals surface area contributed by atoms with Gasteiger partial charge in [0.25, 0.3) is 0 Å². The summed E-state index contributed by atoms with van der Waals surface area (Å²) in [6, 6.07) is 7.99. The molecule has 29 heavy (non-hydrogen) atoms. The van der Waals surface area contributed by atoms with Crippen LogP contribution in [0.15, 0.2) is 24.3 Å². The fourth-order valence-electron chi connectivity index (χ4n) is 3.26. The van der Waals surface area contributed by atoms with E-state index in [9.17, 15) is 4.79 Å². The van der Waals surface area contributed by atoms with Gasteiger partial charge in [0.2, 0.25) is 5.65 Å². The Balaban J connectivity index is 1.53. The van der Waals surface area contributed by atoms with Gasteiger partial charge in [-0.15, -0.1) is 10.2 Å². The first-order valence-corrected chi connectivity index (χ1v) is 10.1. The van der Waals surface area contributed by atoms with Crippen molar-refractivity contribution in [2.75, 3.05) is 18.4 Å². The van der Waals surface area contributed by atoms with Crippen molar-refractivity contribution in [1.82, 2.24) is 19.6 Å². The Bertz CT molecular complexity index is 992. The lowest BCUT2D eigenvalue weighted by Crippen LogP contribution is -2.89. The van der Waals surface area contributed by atoms with E-state index < -0.39 is 5.60 Å². The van der Waals surface area contributed by atoms with Crippen LogP contribution in [-0.4, -0.2) is 44.4 Å². The van der Waals surface area contributed by atoms with Gasteiger partial charge in [-0.1, -0.05) is 19.1 Å². The van der Waals surface area contributed by atoms with Crippen molar-refractivity contribution in [2.24, 2.45) is 5.92 Å². The molecule has 156 valence electrons. The van der Waals surface area contributed by atoms with Crippen LogP contribution in [-0.2, 0) is 4.74 Å². The lowest BCUT2D eigenvalue weighted by Gasteiger charge is -2.18. The molecular formula is C21H31N6O2+. The van der Waals surface area contributed by atoms with Crippen LogP contribution in [0.4, 0.5) is 10.6 Å². The Morgan fingerprint density at radius 2 is 2.03 bits per heavy atom. The molecule has 2 heterocycles. The molecule has 0 saturated heterocycles. The van der Waals surface area contributed by atoms with Crippen LogP contribution in [0.25, 0.3) is 16.7 Å².